The van der Waals surface area contributed by atoms with Crippen molar-refractivity contribution in [2.45, 2.75) is 0 Å². The number of ether oxygens (including phenoxy) is 3. The Morgan fingerprint density at radius 1 is 0.548 bits per heavy atom. The van der Waals surface area contributed by atoms with Crippen LogP contribution in [0.1, 0.15) is 41.8 Å². The lowest BCUT2D eigenvalue weighted by atomic mass is 10.1. The fourth-order valence-electron chi connectivity index (χ4n) is 5.06. The second-order valence-corrected chi connectivity index (χ2v) is 12.3. The number of anilines is 3. The molecule has 0 aliphatic heterocycles. The van der Waals surface area contributed by atoms with Gasteiger partial charge in [-0.2, -0.15) is 4.39 Å². The third-order valence-electron chi connectivity index (χ3n) is 8.03. The molecule has 14 nitrogen and oxygen atoms in total. The van der Waals surface area contributed by atoms with E-state index >= 15 is 0 Å². The maximum absolute atomic E-state index is 13.6. The maximum atomic E-state index is 13.6. The van der Waals surface area contributed by atoms with Crippen molar-refractivity contribution in [1.29, 1.82) is 0 Å². The van der Waals surface area contributed by atoms with Gasteiger partial charge in [-0.1, -0.05) is 36.4 Å². The summed E-state index contributed by atoms with van der Waals surface area (Å²) in [5.74, 6) is -2.49. The van der Waals surface area contributed by atoms with Crippen molar-refractivity contribution >= 4 is 40.6 Å². The highest BCUT2D eigenvalue weighted by Crippen LogP contribution is 2.22. The topological polar surface area (TPSA) is 184 Å². The average molecular weight is 844 g/mol. The summed E-state index contributed by atoms with van der Waals surface area (Å²) in [5.41, 5.74) is 2.01. The van der Waals surface area contributed by atoms with Gasteiger partial charge in [0, 0.05) is 47.7 Å². The Labute approximate surface area is 352 Å². The lowest BCUT2D eigenvalue weighted by Gasteiger charge is -2.09. The van der Waals surface area contributed by atoms with Crippen LogP contribution in [0.4, 0.5) is 30.2 Å². The molecule has 0 aliphatic carbocycles. The van der Waals surface area contributed by atoms with Gasteiger partial charge in [0.1, 0.15) is 40.7 Å². The van der Waals surface area contributed by atoms with Gasteiger partial charge in [0.05, 0.1) is 19.8 Å². The van der Waals surface area contributed by atoms with E-state index in [-0.39, 0.29) is 41.1 Å². The van der Waals surface area contributed by atoms with Crippen molar-refractivity contribution in [3.63, 3.8) is 0 Å². The molecule has 3 heterocycles. The van der Waals surface area contributed by atoms with Gasteiger partial charge < -0.3 is 30.2 Å². The first-order valence-corrected chi connectivity index (χ1v) is 18.2. The number of amides is 3. The molecule has 0 saturated heterocycles. The Morgan fingerprint density at radius 3 is 1.79 bits per heavy atom. The summed E-state index contributed by atoms with van der Waals surface area (Å²) in [6, 6.07) is 33.8. The summed E-state index contributed by atoms with van der Waals surface area (Å²) < 4.78 is 54.9. The first-order chi connectivity index (χ1) is 30.0. The van der Waals surface area contributed by atoms with Crippen LogP contribution in [0.25, 0.3) is 0 Å². The van der Waals surface area contributed by atoms with E-state index in [0.29, 0.717) is 34.3 Å². The summed E-state index contributed by atoms with van der Waals surface area (Å²) in [5, 5.41) is 7.90. The zero-order valence-electron chi connectivity index (χ0n) is 32.9. The number of pyridine rings is 2. The lowest BCUT2D eigenvalue weighted by molar-refractivity contribution is 0.0916. The standard InChI is InChI=1S/C20H15FN2O3.C13H10F2N2O2.C12H11N3O2/c21-17-9-2-1-8-16(17)19(24)13-26-15-7-5-6-14(12-15)23-20(25)18-10-3-4-11-22-18;1-19-11-7-8(5-6-9(11)14)16-13(18)10-3-2-4-12(15)17-10;1-17-10-4-2-3-9(7-10)15-12(16)11-5-6-13-8-14-11/h1-12H,13H2,(H,23,25);2-7H,1H3,(H,16,18);2-8H,1H3,(H,15,16). The fourth-order valence-corrected chi connectivity index (χ4v) is 5.06. The number of Topliss-reactive ketones (excluding diaryl/α,β-unsaturated/α-hetero) is 1. The van der Waals surface area contributed by atoms with Crippen LogP contribution in [-0.2, 0) is 0 Å². The summed E-state index contributed by atoms with van der Waals surface area (Å²) in [6.07, 6.45) is 4.39. The van der Waals surface area contributed by atoms with Crippen molar-refractivity contribution in [3.05, 3.63) is 192 Å². The molecule has 0 atom stereocenters. The number of benzene rings is 4. The number of methoxy groups -OCH3 is 2. The predicted octanol–water partition coefficient (Wildman–Crippen LogP) is 8.09. The Hall–Kier alpha value is -8.47. The number of carbonyl (C=O) groups is 4. The largest absolute Gasteiger partial charge is 0.497 e. The molecule has 0 fully saturated rings. The molecule has 0 radical (unpaired) electrons. The molecular weight excluding hydrogens is 808 g/mol. The van der Waals surface area contributed by atoms with E-state index in [0.717, 1.165) is 12.1 Å². The first kappa shape index (κ1) is 44.6. The number of carbonyl (C=O) groups excluding carboxylic acids is 4. The van der Waals surface area contributed by atoms with E-state index in [2.05, 4.69) is 35.9 Å². The number of rotatable bonds is 12. The van der Waals surface area contributed by atoms with Crippen molar-refractivity contribution in [2.24, 2.45) is 0 Å². The Balaban J connectivity index is 0.000000181. The van der Waals surface area contributed by atoms with Crippen LogP contribution >= 0.6 is 0 Å². The van der Waals surface area contributed by atoms with Crippen LogP contribution in [0.2, 0.25) is 0 Å². The summed E-state index contributed by atoms with van der Waals surface area (Å²) in [4.78, 5) is 62.7. The quantitative estimate of drug-likeness (QED) is 0.0798. The molecule has 62 heavy (non-hydrogen) atoms. The predicted molar refractivity (Wildman–Crippen MR) is 223 cm³/mol. The number of aromatic nitrogens is 4. The molecule has 0 spiro atoms. The monoisotopic (exact) mass is 843 g/mol. The number of nitrogens with one attached hydrogen (secondary N) is 3. The van der Waals surface area contributed by atoms with Gasteiger partial charge in [0.25, 0.3) is 17.7 Å². The number of nitrogens with zero attached hydrogens (tertiary/aromatic N) is 4. The van der Waals surface area contributed by atoms with Crippen molar-refractivity contribution < 1.29 is 46.6 Å². The third kappa shape index (κ3) is 13.6. The second-order valence-electron chi connectivity index (χ2n) is 12.3. The third-order valence-corrected chi connectivity index (χ3v) is 8.03. The summed E-state index contributed by atoms with van der Waals surface area (Å²) in [7, 11) is 2.89. The molecule has 0 aliphatic rings. The van der Waals surface area contributed by atoms with Gasteiger partial charge >= 0.3 is 0 Å². The van der Waals surface area contributed by atoms with Crippen LogP contribution in [0.5, 0.6) is 17.2 Å². The molecular formula is C45H36F3N7O7. The van der Waals surface area contributed by atoms with Gasteiger partial charge in [-0.25, -0.2) is 23.7 Å². The number of ketones is 1. The lowest BCUT2D eigenvalue weighted by Crippen LogP contribution is -2.14. The van der Waals surface area contributed by atoms with Crippen molar-refractivity contribution in [1.82, 2.24) is 19.9 Å². The van der Waals surface area contributed by atoms with E-state index in [4.69, 9.17) is 14.2 Å². The molecule has 0 unspecified atom stereocenters. The zero-order chi connectivity index (χ0) is 44.3. The van der Waals surface area contributed by atoms with E-state index in [9.17, 15) is 32.3 Å². The van der Waals surface area contributed by atoms with Crippen LogP contribution in [0, 0.1) is 17.6 Å². The highest BCUT2D eigenvalue weighted by atomic mass is 19.1. The van der Waals surface area contributed by atoms with Gasteiger partial charge in [-0.05, 0) is 78.9 Å². The molecule has 7 aromatic rings. The highest BCUT2D eigenvalue weighted by Gasteiger charge is 2.14. The molecule has 3 amide bonds. The molecule has 3 aromatic heterocycles. The van der Waals surface area contributed by atoms with Gasteiger partial charge in [0.15, 0.2) is 18.2 Å². The molecule has 4 aromatic carbocycles. The number of hydrogen-bond donors (Lipinski definition) is 3. The average Bonchev–Trinajstić information content (AvgIpc) is 3.30. The maximum Gasteiger partial charge on any atom is 0.274 e. The number of halogens is 3. The zero-order valence-corrected chi connectivity index (χ0v) is 32.9. The first-order valence-electron chi connectivity index (χ1n) is 18.2. The molecule has 7 rings (SSSR count). The van der Waals surface area contributed by atoms with E-state index in [1.54, 1.807) is 86.0 Å². The minimum atomic E-state index is -0.746. The Kier molecular flexibility index (Phi) is 16.3. The number of hydrogen-bond acceptors (Lipinski definition) is 11. The van der Waals surface area contributed by atoms with Crippen LogP contribution in [-0.4, -0.2) is 64.3 Å². The molecule has 3 N–H and O–H groups in total. The van der Waals surface area contributed by atoms with Crippen LogP contribution < -0.4 is 30.2 Å². The fraction of sp³-hybridized carbons (Fsp3) is 0.0667. The van der Waals surface area contributed by atoms with Gasteiger partial charge in [0.2, 0.25) is 11.7 Å². The molecule has 0 bridgehead atoms. The molecule has 0 saturated carbocycles. The van der Waals surface area contributed by atoms with Gasteiger partial charge in [-0.3, -0.25) is 24.2 Å². The Morgan fingerprint density at radius 2 is 1.16 bits per heavy atom. The van der Waals surface area contributed by atoms with Crippen LogP contribution in [0.3, 0.4) is 0 Å². The molecule has 17 heteroatoms. The van der Waals surface area contributed by atoms with Crippen molar-refractivity contribution in [3.8, 4) is 17.2 Å². The minimum Gasteiger partial charge on any atom is -0.497 e. The van der Waals surface area contributed by atoms with E-state index in [1.165, 1.54) is 68.3 Å². The normalized spacial score (nSPS) is 10.0. The highest BCUT2D eigenvalue weighted by molar-refractivity contribution is 6.04. The van der Waals surface area contributed by atoms with E-state index < -0.39 is 29.3 Å². The molecule has 314 valence electrons. The smallest absolute Gasteiger partial charge is 0.274 e. The second kappa shape index (κ2) is 22.6. The SMILES string of the molecule is COc1cc(NC(=O)c2cccc(F)n2)ccc1F.COc1cccc(NC(=O)c2ccncn2)c1.O=C(Nc1cccc(OCC(=O)c2ccccc2F)c1)c1ccccn1. The summed E-state index contributed by atoms with van der Waals surface area (Å²) in [6.45, 7) is -0.307. The minimum absolute atomic E-state index is 0.00463. The van der Waals surface area contributed by atoms with Crippen molar-refractivity contribution in [2.75, 3.05) is 36.8 Å². The van der Waals surface area contributed by atoms with Crippen LogP contribution in [0.15, 0.2) is 152 Å². The summed E-state index contributed by atoms with van der Waals surface area (Å²) >= 11 is 0. The Bertz CT molecular complexity index is 2620. The van der Waals surface area contributed by atoms with E-state index in [1.807, 2.05) is 0 Å². The van der Waals surface area contributed by atoms with Gasteiger partial charge in [-0.15, -0.1) is 0 Å².